The highest BCUT2D eigenvalue weighted by atomic mass is 32.2. The Kier molecular flexibility index (Phi) is 8.59. The largest absolute Gasteiger partial charge is 0.467 e. The number of esters is 1. The van der Waals surface area contributed by atoms with Crippen molar-refractivity contribution < 1.29 is 23.9 Å². The van der Waals surface area contributed by atoms with Gasteiger partial charge in [0.15, 0.2) is 0 Å². The van der Waals surface area contributed by atoms with Gasteiger partial charge in [-0.3, -0.25) is 4.79 Å². The van der Waals surface area contributed by atoms with E-state index in [1.54, 1.807) is 33.6 Å². The first-order valence-electron chi connectivity index (χ1n) is 7.63. The van der Waals surface area contributed by atoms with Crippen LogP contribution in [0.3, 0.4) is 0 Å². The number of thioether (sulfide) groups is 1. The number of amides is 1. The number of ether oxygens (including phenoxy) is 2. The third-order valence-corrected chi connectivity index (χ3v) is 3.98. The molecule has 1 saturated carbocycles. The fourth-order valence-corrected chi connectivity index (χ4v) is 2.78. The van der Waals surface area contributed by atoms with E-state index in [0.717, 1.165) is 0 Å². The molecular weight excluding hydrogens is 330 g/mol. The van der Waals surface area contributed by atoms with Crippen LogP contribution in [0, 0.1) is 31.6 Å². The average Bonchev–Trinajstić information content (AvgIpc) is 3.01. The summed E-state index contributed by atoms with van der Waals surface area (Å²) in [4.78, 5) is 35.4. The van der Waals surface area contributed by atoms with Crippen molar-refractivity contribution in [3.63, 3.8) is 0 Å². The monoisotopic (exact) mass is 354 g/mol. The van der Waals surface area contributed by atoms with Gasteiger partial charge in [0.05, 0.1) is 7.11 Å². The number of Topliss-reactive ketones (excluding diaryl/α,β-unsaturated/α-hetero) is 1. The lowest BCUT2D eigenvalue weighted by Crippen LogP contribution is -2.45. The van der Waals surface area contributed by atoms with Crippen LogP contribution in [0.1, 0.15) is 27.2 Å². The fourth-order valence-electron chi connectivity index (χ4n) is 1.83. The second-order valence-corrected chi connectivity index (χ2v) is 7.29. The van der Waals surface area contributed by atoms with Crippen molar-refractivity contribution in [2.24, 2.45) is 0 Å². The van der Waals surface area contributed by atoms with Crippen molar-refractivity contribution in [3.05, 3.63) is 31.6 Å². The number of carbonyl (C=O) groups is 3. The normalized spacial score (nSPS) is 16.5. The van der Waals surface area contributed by atoms with Crippen LogP contribution in [0.5, 0.6) is 0 Å². The molecule has 0 aromatic rings. The molecule has 1 aliphatic rings. The maximum atomic E-state index is 11.9. The van der Waals surface area contributed by atoms with E-state index in [9.17, 15) is 14.4 Å². The molecule has 1 amide bonds. The number of hydrogen-bond donors (Lipinski definition) is 1. The van der Waals surface area contributed by atoms with Gasteiger partial charge in [0.1, 0.15) is 17.4 Å². The zero-order valence-electron chi connectivity index (χ0n) is 14.5. The van der Waals surface area contributed by atoms with Gasteiger partial charge in [-0.25, -0.2) is 9.59 Å². The van der Waals surface area contributed by atoms with Crippen LogP contribution < -0.4 is 5.32 Å². The predicted molar refractivity (Wildman–Crippen MR) is 92.6 cm³/mol. The molecule has 6 nitrogen and oxygen atoms in total. The van der Waals surface area contributed by atoms with Gasteiger partial charge in [0.2, 0.25) is 0 Å². The molecule has 0 heterocycles. The molecule has 133 valence electrons. The molecule has 0 spiro atoms. The predicted octanol–water partition coefficient (Wildman–Crippen LogP) is 2.15. The topological polar surface area (TPSA) is 81.7 Å². The van der Waals surface area contributed by atoms with Crippen LogP contribution in [0.4, 0.5) is 4.79 Å². The fraction of sp³-hybridized carbons (Fsp3) is 0.529. The van der Waals surface area contributed by atoms with E-state index in [1.807, 2.05) is 12.8 Å². The number of ketones is 1. The minimum atomic E-state index is -0.816. The molecule has 1 aliphatic carbocycles. The third kappa shape index (κ3) is 8.04. The van der Waals surface area contributed by atoms with Crippen LogP contribution >= 0.6 is 11.8 Å². The van der Waals surface area contributed by atoms with Crippen LogP contribution in [0.25, 0.3) is 0 Å². The number of rotatable bonds is 8. The standard InChI is InChI=1S/C17H24NO5S/c1-17(2,3)23-16(21)18-13(15(20)22-4)11-24-10-9-14(19)12-7-5-6-8-12/h5-8,13H,9-11H2,1-4H3,(H,18,21)/t13-/m0/s1. The Morgan fingerprint density at radius 1 is 1.21 bits per heavy atom. The highest BCUT2D eigenvalue weighted by Gasteiger charge is 2.26. The Labute approximate surface area is 148 Å². The average molecular weight is 354 g/mol. The van der Waals surface area contributed by atoms with Gasteiger partial charge in [0, 0.05) is 23.8 Å². The Morgan fingerprint density at radius 3 is 2.38 bits per heavy atom. The lowest BCUT2D eigenvalue weighted by atomic mass is 10.0. The smallest absolute Gasteiger partial charge is 0.408 e. The summed E-state index contributed by atoms with van der Waals surface area (Å²) >= 11 is 1.40. The molecule has 0 aliphatic heterocycles. The van der Waals surface area contributed by atoms with Crippen molar-refractivity contribution in [2.45, 2.75) is 38.8 Å². The minimum Gasteiger partial charge on any atom is -0.467 e. The van der Waals surface area contributed by atoms with Crippen LogP contribution in [-0.4, -0.2) is 48.1 Å². The Balaban J connectivity index is 2.36. The molecule has 1 N–H and O–H groups in total. The third-order valence-electron chi connectivity index (χ3n) is 2.92. The SMILES string of the molecule is COC(=O)[C@H](CSCCC(=O)[C]1[CH][CH][CH][CH]1)NC(=O)OC(C)(C)C. The molecule has 5 radical (unpaired) electrons. The minimum absolute atomic E-state index is 0.0576. The Bertz CT molecular complexity index is 441. The maximum absolute atomic E-state index is 11.9. The van der Waals surface area contributed by atoms with Crippen molar-refractivity contribution >= 4 is 29.6 Å². The van der Waals surface area contributed by atoms with Gasteiger partial charge in [-0.15, -0.1) is 0 Å². The first kappa shape index (κ1) is 20.8. The van der Waals surface area contributed by atoms with Gasteiger partial charge >= 0.3 is 12.1 Å². The number of nitrogens with one attached hydrogen (secondary N) is 1. The second kappa shape index (κ2) is 9.91. The summed E-state index contributed by atoms with van der Waals surface area (Å²) in [7, 11) is 1.26. The molecular formula is C17H24NO5S. The van der Waals surface area contributed by atoms with E-state index in [2.05, 4.69) is 5.32 Å². The number of hydrogen-bond acceptors (Lipinski definition) is 6. The molecule has 1 rings (SSSR count). The number of alkyl carbamates (subject to hydrolysis) is 1. The van der Waals surface area contributed by atoms with Crippen LogP contribution in [0.15, 0.2) is 0 Å². The molecule has 0 saturated heterocycles. The van der Waals surface area contributed by atoms with Gasteiger partial charge in [-0.1, -0.05) is 0 Å². The van der Waals surface area contributed by atoms with E-state index in [1.165, 1.54) is 18.9 Å². The van der Waals surface area contributed by atoms with Crippen molar-refractivity contribution in [1.29, 1.82) is 0 Å². The quantitative estimate of drug-likeness (QED) is 0.531. The van der Waals surface area contributed by atoms with E-state index in [-0.39, 0.29) is 5.78 Å². The van der Waals surface area contributed by atoms with Crippen molar-refractivity contribution in [1.82, 2.24) is 5.32 Å². The summed E-state index contributed by atoms with van der Waals surface area (Å²) in [5, 5.41) is 2.50. The van der Waals surface area contributed by atoms with Crippen molar-refractivity contribution in [3.8, 4) is 0 Å². The first-order valence-corrected chi connectivity index (χ1v) is 8.78. The van der Waals surface area contributed by atoms with E-state index >= 15 is 0 Å². The van der Waals surface area contributed by atoms with Gasteiger partial charge in [-0.05, 0) is 46.5 Å². The maximum Gasteiger partial charge on any atom is 0.408 e. The molecule has 1 atom stereocenters. The number of methoxy groups -OCH3 is 1. The van der Waals surface area contributed by atoms with E-state index in [4.69, 9.17) is 9.47 Å². The van der Waals surface area contributed by atoms with Crippen LogP contribution in [0.2, 0.25) is 0 Å². The summed E-state index contributed by atoms with van der Waals surface area (Å²) in [6.45, 7) is 5.22. The Morgan fingerprint density at radius 2 is 1.83 bits per heavy atom. The van der Waals surface area contributed by atoms with Gasteiger partial charge in [0.25, 0.3) is 0 Å². The molecule has 24 heavy (non-hydrogen) atoms. The summed E-state index contributed by atoms with van der Waals surface area (Å²) < 4.78 is 9.83. The summed E-state index contributed by atoms with van der Waals surface area (Å²) in [6.07, 6.45) is 6.88. The molecule has 0 aromatic heterocycles. The van der Waals surface area contributed by atoms with E-state index in [0.29, 0.717) is 23.8 Å². The lowest BCUT2D eigenvalue weighted by Gasteiger charge is -2.22. The molecule has 1 fully saturated rings. The van der Waals surface area contributed by atoms with Gasteiger partial charge in [-0.2, -0.15) is 11.8 Å². The molecule has 0 aromatic carbocycles. The highest BCUT2D eigenvalue weighted by Crippen LogP contribution is 2.25. The molecule has 0 unspecified atom stereocenters. The molecule has 0 bridgehead atoms. The van der Waals surface area contributed by atoms with Crippen molar-refractivity contribution in [2.75, 3.05) is 18.6 Å². The van der Waals surface area contributed by atoms with E-state index < -0.39 is 23.7 Å². The summed E-state index contributed by atoms with van der Waals surface area (Å²) in [5.41, 5.74) is -0.649. The van der Waals surface area contributed by atoms with Gasteiger partial charge < -0.3 is 14.8 Å². The first-order chi connectivity index (χ1) is 11.2. The lowest BCUT2D eigenvalue weighted by molar-refractivity contribution is -0.142. The number of carbonyl (C=O) groups excluding carboxylic acids is 3. The zero-order chi connectivity index (χ0) is 18.2. The summed E-state index contributed by atoms with van der Waals surface area (Å²) in [5.74, 6) is 1.05. The Hall–Kier alpha value is -1.24. The summed E-state index contributed by atoms with van der Waals surface area (Å²) in [6, 6.07) is -0.816. The van der Waals surface area contributed by atoms with Crippen LogP contribution in [-0.2, 0) is 19.1 Å². The highest BCUT2D eigenvalue weighted by molar-refractivity contribution is 7.99. The second-order valence-electron chi connectivity index (χ2n) is 6.14. The zero-order valence-corrected chi connectivity index (χ0v) is 15.3. The molecule has 7 heteroatoms.